The fraction of sp³-hybridized carbons (Fsp3) is 1.00. The third kappa shape index (κ3) is 3.71. The standard InChI is InChI=1S/C16H31NO2/c1-12-16(18,6-7-19-12)11-17-13-8-14(2,3)10-15(4,5)9-13/h12-13,17-18H,6-11H2,1-5H3. The number of rotatable bonds is 3. The molecule has 2 N–H and O–H groups in total. The van der Waals surface area contributed by atoms with Gasteiger partial charge in [-0.05, 0) is 37.0 Å². The van der Waals surface area contributed by atoms with Crippen LogP contribution in [0.5, 0.6) is 0 Å². The van der Waals surface area contributed by atoms with Gasteiger partial charge in [0.15, 0.2) is 0 Å². The minimum absolute atomic E-state index is 0.0513. The zero-order chi connectivity index (χ0) is 14.3. The van der Waals surface area contributed by atoms with Crippen molar-refractivity contribution in [1.82, 2.24) is 5.32 Å². The van der Waals surface area contributed by atoms with Crippen LogP contribution in [0.15, 0.2) is 0 Å². The molecule has 0 aromatic rings. The molecule has 1 saturated carbocycles. The second-order valence-electron chi connectivity index (χ2n) is 8.36. The molecule has 0 bridgehead atoms. The number of hydrogen-bond acceptors (Lipinski definition) is 3. The molecular weight excluding hydrogens is 238 g/mol. The first-order chi connectivity index (χ1) is 8.62. The van der Waals surface area contributed by atoms with Crippen LogP contribution in [0.4, 0.5) is 0 Å². The lowest BCUT2D eigenvalue weighted by Crippen LogP contribution is -2.52. The van der Waals surface area contributed by atoms with Crippen LogP contribution in [-0.2, 0) is 4.74 Å². The second kappa shape index (κ2) is 5.01. The predicted molar refractivity (Wildman–Crippen MR) is 78.2 cm³/mol. The van der Waals surface area contributed by atoms with Crippen molar-refractivity contribution in [2.45, 2.75) is 78.0 Å². The van der Waals surface area contributed by atoms with Gasteiger partial charge in [0.1, 0.15) is 5.60 Å². The van der Waals surface area contributed by atoms with Gasteiger partial charge in [0.25, 0.3) is 0 Å². The molecule has 0 aromatic heterocycles. The monoisotopic (exact) mass is 269 g/mol. The topological polar surface area (TPSA) is 41.5 Å². The zero-order valence-corrected chi connectivity index (χ0v) is 13.3. The van der Waals surface area contributed by atoms with Crippen LogP contribution < -0.4 is 5.32 Å². The average molecular weight is 269 g/mol. The van der Waals surface area contributed by atoms with E-state index in [-0.39, 0.29) is 6.10 Å². The summed E-state index contributed by atoms with van der Waals surface area (Å²) in [5, 5.41) is 14.2. The van der Waals surface area contributed by atoms with Gasteiger partial charge in [-0.2, -0.15) is 0 Å². The summed E-state index contributed by atoms with van der Waals surface area (Å²) in [6, 6.07) is 0.510. The fourth-order valence-corrected chi connectivity index (χ4v) is 4.31. The summed E-state index contributed by atoms with van der Waals surface area (Å²) in [4.78, 5) is 0. The molecule has 2 atom stereocenters. The molecule has 2 unspecified atom stereocenters. The van der Waals surface area contributed by atoms with Crippen molar-refractivity contribution < 1.29 is 9.84 Å². The van der Waals surface area contributed by atoms with Crippen LogP contribution in [0.3, 0.4) is 0 Å². The Morgan fingerprint density at radius 3 is 2.21 bits per heavy atom. The van der Waals surface area contributed by atoms with Crippen molar-refractivity contribution in [3.05, 3.63) is 0 Å². The van der Waals surface area contributed by atoms with Crippen molar-refractivity contribution in [3.63, 3.8) is 0 Å². The number of hydrogen-bond donors (Lipinski definition) is 2. The van der Waals surface area contributed by atoms with E-state index in [4.69, 9.17) is 4.74 Å². The van der Waals surface area contributed by atoms with E-state index in [9.17, 15) is 5.11 Å². The lowest BCUT2D eigenvalue weighted by molar-refractivity contribution is -0.0317. The summed E-state index contributed by atoms with van der Waals surface area (Å²) in [5.74, 6) is 0. The Kier molecular flexibility index (Phi) is 4.03. The average Bonchev–Trinajstić information content (AvgIpc) is 2.53. The van der Waals surface area contributed by atoms with E-state index in [0.717, 1.165) is 6.42 Å². The summed E-state index contributed by atoms with van der Waals surface area (Å²) in [5.41, 5.74) is 0.103. The maximum atomic E-state index is 10.6. The Morgan fingerprint density at radius 1 is 1.16 bits per heavy atom. The maximum Gasteiger partial charge on any atom is 0.105 e. The summed E-state index contributed by atoms with van der Waals surface area (Å²) in [7, 11) is 0. The van der Waals surface area contributed by atoms with Crippen LogP contribution in [0.1, 0.15) is 60.3 Å². The number of ether oxygens (including phenoxy) is 1. The van der Waals surface area contributed by atoms with E-state index in [0.29, 0.717) is 30.0 Å². The number of nitrogens with one attached hydrogen (secondary N) is 1. The van der Waals surface area contributed by atoms with Crippen LogP contribution >= 0.6 is 0 Å². The molecular formula is C16H31NO2. The van der Waals surface area contributed by atoms with E-state index >= 15 is 0 Å². The van der Waals surface area contributed by atoms with Gasteiger partial charge in [-0.15, -0.1) is 0 Å². The minimum atomic E-state index is -0.675. The van der Waals surface area contributed by atoms with Crippen molar-refractivity contribution in [1.29, 1.82) is 0 Å². The van der Waals surface area contributed by atoms with E-state index in [1.165, 1.54) is 19.3 Å². The normalized spacial score (nSPS) is 38.5. The second-order valence-corrected chi connectivity index (χ2v) is 8.36. The van der Waals surface area contributed by atoms with E-state index < -0.39 is 5.60 Å². The van der Waals surface area contributed by atoms with Gasteiger partial charge in [0.2, 0.25) is 0 Å². The van der Waals surface area contributed by atoms with Gasteiger partial charge in [0.05, 0.1) is 6.10 Å². The molecule has 112 valence electrons. The molecule has 3 nitrogen and oxygen atoms in total. The molecule has 1 aliphatic heterocycles. The highest BCUT2D eigenvalue weighted by molar-refractivity contribution is 4.96. The SMILES string of the molecule is CC1OCCC1(O)CNC1CC(C)(C)CC(C)(C)C1. The van der Waals surface area contributed by atoms with Crippen molar-refractivity contribution in [2.75, 3.05) is 13.2 Å². The molecule has 1 heterocycles. The predicted octanol–water partition coefficient (Wildman–Crippen LogP) is 2.72. The summed E-state index contributed by atoms with van der Waals surface area (Å²) >= 11 is 0. The highest BCUT2D eigenvalue weighted by Crippen LogP contribution is 2.45. The van der Waals surface area contributed by atoms with E-state index in [1.54, 1.807) is 0 Å². The first-order valence-electron chi connectivity index (χ1n) is 7.69. The molecule has 1 saturated heterocycles. The Bertz CT molecular complexity index is 311. The highest BCUT2D eigenvalue weighted by atomic mass is 16.5. The smallest absolute Gasteiger partial charge is 0.105 e. The van der Waals surface area contributed by atoms with Gasteiger partial charge in [-0.3, -0.25) is 0 Å². The lowest BCUT2D eigenvalue weighted by atomic mass is 9.63. The van der Waals surface area contributed by atoms with Gasteiger partial charge < -0.3 is 15.2 Å². The molecule has 19 heavy (non-hydrogen) atoms. The molecule has 2 aliphatic rings. The van der Waals surface area contributed by atoms with Gasteiger partial charge >= 0.3 is 0 Å². The third-order valence-corrected chi connectivity index (χ3v) is 4.91. The molecule has 1 aliphatic carbocycles. The van der Waals surface area contributed by atoms with Crippen LogP contribution in [-0.4, -0.2) is 36.0 Å². The molecule has 2 rings (SSSR count). The highest BCUT2D eigenvalue weighted by Gasteiger charge is 2.42. The fourth-order valence-electron chi connectivity index (χ4n) is 4.31. The lowest BCUT2D eigenvalue weighted by Gasteiger charge is -2.46. The van der Waals surface area contributed by atoms with Gasteiger partial charge in [-0.25, -0.2) is 0 Å². The van der Waals surface area contributed by atoms with E-state index in [1.807, 2.05) is 6.92 Å². The molecule has 0 spiro atoms. The van der Waals surface area contributed by atoms with Gasteiger partial charge in [0, 0.05) is 25.6 Å². The Hall–Kier alpha value is -0.120. The minimum Gasteiger partial charge on any atom is -0.386 e. The van der Waals surface area contributed by atoms with Crippen LogP contribution in [0, 0.1) is 10.8 Å². The first-order valence-corrected chi connectivity index (χ1v) is 7.69. The Balaban J connectivity index is 1.92. The van der Waals surface area contributed by atoms with Crippen LogP contribution in [0.2, 0.25) is 0 Å². The van der Waals surface area contributed by atoms with Crippen molar-refractivity contribution in [3.8, 4) is 0 Å². The molecule has 0 amide bonds. The zero-order valence-electron chi connectivity index (χ0n) is 13.3. The Morgan fingerprint density at radius 2 is 1.74 bits per heavy atom. The maximum absolute atomic E-state index is 10.6. The first kappa shape index (κ1) is 15.3. The van der Waals surface area contributed by atoms with Gasteiger partial charge in [-0.1, -0.05) is 27.7 Å². The molecule has 2 fully saturated rings. The quantitative estimate of drug-likeness (QED) is 0.828. The van der Waals surface area contributed by atoms with Crippen LogP contribution in [0.25, 0.3) is 0 Å². The van der Waals surface area contributed by atoms with Crippen molar-refractivity contribution in [2.24, 2.45) is 10.8 Å². The summed E-state index contributed by atoms with van der Waals surface area (Å²) in [6.45, 7) is 12.8. The number of aliphatic hydroxyl groups is 1. The Labute approximate surface area is 118 Å². The molecule has 0 aromatic carbocycles. The molecule has 3 heteroatoms. The third-order valence-electron chi connectivity index (χ3n) is 4.91. The summed E-state index contributed by atoms with van der Waals surface area (Å²) < 4.78 is 5.50. The summed E-state index contributed by atoms with van der Waals surface area (Å²) in [6.07, 6.45) is 4.37. The molecule has 0 radical (unpaired) electrons. The largest absolute Gasteiger partial charge is 0.386 e. The van der Waals surface area contributed by atoms with E-state index in [2.05, 4.69) is 33.0 Å². The van der Waals surface area contributed by atoms with Crippen molar-refractivity contribution >= 4 is 0 Å².